The molecule has 0 aliphatic carbocycles. The summed E-state index contributed by atoms with van der Waals surface area (Å²) in [7, 11) is 0. The number of nitrogens with zero attached hydrogens (tertiary/aromatic N) is 2. The molecule has 4 nitrogen and oxygen atoms in total. The molecule has 1 aliphatic heterocycles. The van der Waals surface area contributed by atoms with Crippen LogP contribution in [0.3, 0.4) is 0 Å². The van der Waals surface area contributed by atoms with Gasteiger partial charge < -0.3 is 9.84 Å². The zero-order chi connectivity index (χ0) is 12.4. The first kappa shape index (κ1) is 11.3. The van der Waals surface area contributed by atoms with Gasteiger partial charge in [-0.1, -0.05) is 11.6 Å². The second-order valence-corrected chi connectivity index (χ2v) is 4.47. The minimum atomic E-state index is -0.267. The lowest BCUT2D eigenvalue weighted by molar-refractivity contribution is 0.297. The highest BCUT2D eigenvalue weighted by Gasteiger charge is 2.21. The average Bonchev–Trinajstić information content (AvgIpc) is 2.90. The van der Waals surface area contributed by atoms with Gasteiger partial charge in [0.05, 0.1) is 6.04 Å². The molecule has 3 rings (SSSR count). The average molecular weight is 247 g/mol. The molecule has 0 bridgehead atoms. The standard InChI is InChI=1S/C13H14FN3O/c14-10-6-4-9(5-7-10)12-16-13(18-17-12)11-3-1-2-8-15-11/h4-7,11,15H,1-3,8H2/t11-/m1/s1. The molecular formula is C13H14FN3O. The predicted octanol–water partition coefficient (Wildman–Crippen LogP) is 2.69. The van der Waals surface area contributed by atoms with E-state index in [1.165, 1.54) is 25.0 Å². The van der Waals surface area contributed by atoms with Crippen LogP contribution in [0.25, 0.3) is 11.4 Å². The van der Waals surface area contributed by atoms with E-state index >= 15 is 0 Å². The summed E-state index contributed by atoms with van der Waals surface area (Å²) in [5, 5.41) is 7.30. The highest BCUT2D eigenvalue weighted by molar-refractivity contribution is 5.53. The molecule has 2 heterocycles. The Morgan fingerprint density at radius 3 is 2.78 bits per heavy atom. The molecule has 0 unspecified atom stereocenters. The van der Waals surface area contributed by atoms with Crippen LogP contribution in [0.15, 0.2) is 28.8 Å². The van der Waals surface area contributed by atoms with Gasteiger partial charge in [0.1, 0.15) is 5.82 Å². The lowest BCUT2D eigenvalue weighted by Crippen LogP contribution is -2.26. The van der Waals surface area contributed by atoms with Crippen LogP contribution in [0, 0.1) is 5.82 Å². The molecule has 94 valence electrons. The van der Waals surface area contributed by atoms with E-state index in [0.29, 0.717) is 11.7 Å². The Bertz CT molecular complexity index is 517. The van der Waals surface area contributed by atoms with Gasteiger partial charge >= 0.3 is 0 Å². The molecule has 1 saturated heterocycles. The van der Waals surface area contributed by atoms with E-state index < -0.39 is 0 Å². The van der Waals surface area contributed by atoms with Crippen molar-refractivity contribution in [2.75, 3.05) is 6.54 Å². The SMILES string of the molecule is Fc1ccc(-c2noc([C@H]3CCCCN3)n2)cc1. The zero-order valence-corrected chi connectivity index (χ0v) is 9.90. The minimum absolute atomic E-state index is 0.153. The first-order chi connectivity index (χ1) is 8.83. The fraction of sp³-hybridized carbons (Fsp3) is 0.385. The largest absolute Gasteiger partial charge is 0.337 e. The van der Waals surface area contributed by atoms with Gasteiger partial charge in [-0.25, -0.2) is 4.39 Å². The molecule has 1 aromatic heterocycles. The lowest BCUT2D eigenvalue weighted by atomic mass is 10.1. The molecule has 1 fully saturated rings. The van der Waals surface area contributed by atoms with E-state index in [2.05, 4.69) is 15.5 Å². The van der Waals surface area contributed by atoms with Crippen LogP contribution in [0.4, 0.5) is 4.39 Å². The molecule has 5 heteroatoms. The summed E-state index contributed by atoms with van der Waals surface area (Å²) in [4.78, 5) is 4.37. The van der Waals surface area contributed by atoms with Gasteiger partial charge in [-0.3, -0.25) is 0 Å². The van der Waals surface area contributed by atoms with Crippen LogP contribution in [-0.4, -0.2) is 16.7 Å². The Morgan fingerprint density at radius 2 is 2.06 bits per heavy atom. The van der Waals surface area contributed by atoms with Crippen molar-refractivity contribution in [1.82, 2.24) is 15.5 Å². The Kier molecular flexibility index (Phi) is 3.06. The van der Waals surface area contributed by atoms with Gasteiger partial charge in [0.2, 0.25) is 11.7 Å². The Morgan fingerprint density at radius 1 is 1.22 bits per heavy atom. The van der Waals surface area contributed by atoms with Gasteiger partial charge in [0.15, 0.2) is 0 Å². The Balaban J connectivity index is 1.82. The molecule has 1 atom stereocenters. The number of nitrogens with one attached hydrogen (secondary N) is 1. The maximum absolute atomic E-state index is 12.8. The maximum atomic E-state index is 12.8. The van der Waals surface area contributed by atoms with E-state index in [4.69, 9.17) is 4.52 Å². The fourth-order valence-corrected chi connectivity index (χ4v) is 2.16. The van der Waals surface area contributed by atoms with Crippen molar-refractivity contribution >= 4 is 0 Å². The van der Waals surface area contributed by atoms with Crippen molar-refractivity contribution < 1.29 is 8.91 Å². The van der Waals surface area contributed by atoms with Crippen LogP contribution in [0.5, 0.6) is 0 Å². The second-order valence-electron chi connectivity index (χ2n) is 4.47. The number of piperidine rings is 1. The maximum Gasteiger partial charge on any atom is 0.244 e. The van der Waals surface area contributed by atoms with Crippen LogP contribution < -0.4 is 5.32 Å². The van der Waals surface area contributed by atoms with Crippen molar-refractivity contribution in [3.05, 3.63) is 36.0 Å². The third kappa shape index (κ3) is 2.26. The molecule has 0 amide bonds. The van der Waals surface area contributed by atoms with Crippen molar-refractivity contribution in [1.29, 1.82) is 0 Å². The van der Waals surface area contributed by atoms with Crippen LogP contribution in [0.2, 0.25) is 0 Å². The lowest BCUT2D eigenvalue weighted by Gasteiger charge is -2.19. The van der Waals surface area contributed by atoms with Crippen molar-refractivity contribution in [3.63, 3.8) is 0 Å². The fourth-order valence-electron chi connectivity index (χ4n) is 2.16. The second kappa shape index (κ2) is 4.86. The quantitative estimate of drug-likeness (QED) is 0.886. The number of rotatable bonds is 2. The van der Waals surface area contributed by atoms with Crippen molar-refractivity contribution in [2.45, 2.75) is 25.3 Å². The Labute approximate surface area is 104 Å². The highest BCUT2D eigenvalue weighted by atomic mass is 19.1. The molecule has 1 N–H and O–H groups in total. The summed E-state index contributed by atoms with van der Waals surface area (Å²) in [5.41, 5.74) is 0.766. The summed E-state index contributed by atoms with van der Waals surface area (Å²) in [6.07, 6.45) is 3.38. The normalized spacial score (nSPS) is 19.9. The van der Waals surface area contributed by atoms with Gasteiger partial charge in [0, 0.05) is 5.56 Å². The first-order valence-electron chi connectivity index (χ1n) is 6.16. The topological polar surface area (TPSA) is 51.0 Å². The molecule has 1 aliphatic rings. The summed E-state index contributed by atoms with van der Waals surface area (Å²) in [5.74, 6) is 0.864. The molecule has 0 radical (unpaired) electrons. The molecule has 18 heavy (non-hydrogen) atoms. The monoisotopic (exact) mass is 247 g/mol. The summed E-state index contributed by atoms with van der Waals surface area (Å²) < 4.78 is 18.1. The van der Waals surface area contributed by atoms with Gasteiger partial charge in [-0.2, -0.15) is 4.98 Å². The molecular weight excluding hydrogens is 233 g/mol. The van der Waals surface area contributed by atoms with Crippen molar-refractivity contribution in [3.8, 4) is 11.4 Å². The third-order valence-electron chi connectivity index (χ3n) is 3.15. The molecule has 2 aromatic rings. The van der Waals surface area contributed by atoms with Crippen molar-refractivity contribution in [2.24, 2.45) is 0 Å². The third-order valence-corrected chi connectivity index (χ3v) is 3.15. The van der Waals surface area contributed by atoms with E-state index in [1.54, 1.807) is 12.1 Å². The summed E-state index contributed by atoms with van der Waals surface area (Å²) in [6.45, 7) is 0.985. The number of halogens is 1. The van der Waals surface area contributed by atoms with Gasteiger partial charge in [-0.05, 0) is 43.7 Å². The number of hydrogen-bond donors (Lipinski definition) is 1. The van der Waals surface area contributed by atoms with Gasteiger partial charge in [-0.15, -0.1) is 0 Å². The number of benzene rings is 1. The summed E-state index contributed by atoms with van der Waals surface area (Å²) >= 11 is 0. The van der Waals surface area contributed by atoms with E-state index in [-0.39, 0.29) is 11.9 Å². The number of hydrogen-bond acceptors (Lipinski definition) is 4. The van der Waals surface area contributed by atoms with Crippen LogP contribution in [0.1, 0.15) is 31.2 Å². The van der Waals surface area contributed by atoms with E-state index in [1.807, 2.05) is 0 Å². The first-order valence-corrected chi connectivity index (χ1v) is 6.16. The highest BCUT2D eigenvalue weighted by Crippen LogP contribution is 2.24. The molecule has 0 saturated carbocycles. The molecule has 0 spiro atoms. The van der Waals surface area contributed by atoms with E-state index in [0.717, 1.165) is 18.5 Å². The zero-order valence-electron chi connectivity index (χ0n) is 9.90. The smallest absolute Gasteiger partial charge is 0.244 e. The minimum Gasteiger partial charge on any atom is -0.337 e. The Hall–Kier alpha value is -1.75. The molecule has 1 aromatic carbocycles. The van der Waals surface area contributed by atoms with Gasteiger partial charge in [0.25, 0.3) is 0 Å². The van der Waals surface area contributed by atoms with E-state index in [9.17, 15) is 4.39 Å². The van der Waals surface area contributed by atoms with Crippen LogP contribution in [-0.2, 0) is 0 Å². The number of aromatic nitrogens is 2. The predicted molar refractivity (Wildman–Crippen MR) is 64.3 cm³/mol. The summed E-state index contributed by atoms with van der Waals surface area (Å²) in [6, 6.07) is 6.24. The van der Waals surface area contributed by atoms with Crippen LogP contribution >= 0.6 is 0 Å².